The van der Waals surface area contributed by atoms with Crippen molar-refractivity contribution >= 4 is 23.5 Å². The van der Waals surface area contributed by atoms with Crippen LogP contribution in [0.3, 0.4) is 0 Å². The molecule has 0 saturated carbocycles. The van der Waals surface area contributed by atoms with Gasteiger partial charge in [0.1, 0.15) is 0 Å². The highest BCUT2D eigenvalue weighted by Gasteiger charge is 2.29. The van der Waals surface area contributed by atoms with E-state index in [1.165, 1.54) is 19.4 Å². The molecule has 0 aromatic carbocycles. The second-order valence-corrected chi connectivity index (χ2v) is 9.16. The predicted octanol–water partition coefficient (Wildman–Crippen LogP) is 3.30. The van der Waals surface area contributed by atoms with Gasteiger partial charge in [0, 0.05) is 22.7 Å². The van der Waals surface area contributed by atoms with Crippen molar-refractivity contribution < 1.29 is 4.52 Å². The summed E-state index contributed by atoms with van der Waals surface area (Å²) in [5, 5.41) is 9.47. The molecule has 6 heteroatoms. The second-order valence-electron chi connectivity index (χ2n) is 6.17. The molecule has 3 heterocycles. The minimum Gasteiger partial charge on any atom is -0.339 e. The van der Waals surface area contributed by atoms with Crippen molar-refractivity contribution in [2.75, 3.05) is 18.8 Å². The lowest BCUT2D eigenvalue weighted by Gasteiger charge is -2.29. The van der Waals surface area contributed by atoms with Gasteiger partial charge >= 0.3 is 0 Å². The normalized spacial score (nSPS) is 34.0. The lowest BCUT2D eigenvalue weighted by molar-refractivity contribution is 0.326. The SMILES string of the molecule is CC1SCC(c2noc(CCC3CCCNC3)n2)SC1C. The lowest BCUT2D eigenvalue weighted by atomic mass is 9.95. The van der Waals surface area contributed by atoms with Gasteiger partial charge in [0.2, 0.25) is 5.89 Å². The molecule has 0 bridgehead atoms. The van der Waals surface area contributed by atoms with Gasteiger partial charge in [-0.2, -0.15) is 16.7 Å². The van der Waals surface area contributed by atoms with Gasteiger partial charge in [-0.3, -0.25) is 0 Å². The Labute approximate surface area is 135 Å². The molecule has 0 radical (unpaired) electrons. The highest BCUT2D eigenvalue weighted by molar-refractivity contribution is 8.07. The van der Waals surface area contributed by atoms with E-state index in [1.807, 2.05) is 23.5 Å². The van der Waals surface area contributed by atoms with E-state index >= 15 is 0 Å². The van der Waals surface area contributed by atoms with Gasteiger partial charge in [-0.15, -0.1) is 11.8 Å². The molecule has 1 aromatic rings. The first kappa shape index (κ1) is 15.7. The minimum absolute atomic E-state index is 0.398. The maximum Gasteiger partial charge on any atom is 0.226 e. The molecule has 21 heavy (non-hydrogen) atoms. The van der Waals surface area contributed by atoms with Crippen LogP contribution in [0.15, 0.2) is 4.52 Å². The topological polar surface area (TPSA) is 51.0 Å². The van der Waals surface area contributed by atoms with Crippen LogP contribution in [-0.4, -0.2) is 39.5 Å². The number of thioether (sulfide) groups is 2. The molecule has 2 fully saturated rings. The molecular weight excluding hydrogens is 302 g/mol. The van der Waals surface area contributed by atoms with Crippen LogP contribution in [0.1, 0.15) is 50.1 Å². The number of piperidine rings is 1. The highest BCUT2D eigenvalue weighted by atomic mass is 32.2. The monoisotopic (exact) mass is 327 g/mol. The number of aryl methyl sites for hydroxylation is 1. The van der Waals surface area contributed by atoms with E-state index in [0.29, 0.717) is 10.5 Å². The van der Waals surface area contributed by atoms with Gasteiger partial charge in [0.25, 0.3) is 0 Å². The third-order valence-electron chi connectivity index (χ3n) is 4.49. The minimum atomic E-state index is 0.398. The van der Waals surface area contributed by atoms with Crippen molar-refractivity contribution in [3.8, 4) is 0 Å². The molecule has 118 valence electrons. The van der Waals surface area contributed by atoms with Crippen molar-refractivity contribution in [3.05, 3.63) is 11.7 Å². The maximum absolute atomic E-state index is 5.47. The highest BCUT2D eigenvalue weighted by Crippen LogP contribution is 2.43. The van der Waals surface area contributed by atoms with Crippen molar-refractivity contribution in [1.82, 2.24) is 15.5 Å². The van der Waals surface area contributed by atoms with Crippen LogP contribution in [0, 0.1) is 5.92 Å². The first-order valence-corrected chi connectivity index (χ1v) is 10.0. The van der Waals surface area contributed by atoms with Gasteiger partial charge < -0.3 is 9.84 Å². The van der Waals surface area contributed by atoms with E-state index in [1.54, 1.807) is 0 Å². The molecule has 4 unspecified atom stereocenters. The number of nitrogens with zero attached hydrogens (tertiary/aromatic N) is 2. The van der Waals surface area contributed by atoms with E-state index in [9.17, 15) is 0 Å². The lowest BCUT2D eigenvalue weighted by Crippen LogP contribution is -2.29. The van der Waals surface area contributed by atoms with E-state index in [2.05, 4.69) is 29.3 Å². The summed E-state index contributed by atoms with van der Waals surface area (Å²) in [6.07, 6.45) is 4.72. The first-order valence-electron chi connectivity index (χ1n) is 8.02. The molecule has 1 N–H and O–H groups in total. The van der Waals surface area contributed by atoms with E-state index in [4.69, 9.17) is 4.52 Å². The van der Waals surface area contributed by atoms with E-state index in [0.717, 1.165) is 48.0 Å². The Morgan fingerprint density at radius 1 is 1.33 bits per heavy atom. The van der Waals surface area contributed by atoms with E-state index in [-0.39, 0.29) is 0 Å². The Bertz CT molecular complexity index is 448. The van der Waals surface area contributed by atoms with Crippen molar-refractivity contribution in [1.29, 1.82) is 0 Å². The van der Waals surface area contributed by atoms with Crippen LogP contribution in [0.5, 0.6) is 0 Å². The second kappa shape index (κ2) is 7.38. The summed E-state index contributed by atoms with van der Waals surface area (Å²) in [6, 6.07) is 0. The summed E-state index contributed by atoms with van der Waals surface area (Å²) < 4.78 is 5.47. The number of hydrogen-bond donors (Lipinski definition) is 1. The Morgan fingerprint density at radius 3 is 3.00 bits per heavy atom. The quantitative estimate of drug-likeness (QED) is 0.916. The van der Waals surface area contributed by atoms with Gasteiger partial charge in [-0.1, -0.05) is 19.0 Å². The van der Waals surface area contributed by atoms with Crippen molar-refractivity contribution in [2.45, 2.75) is 55.3 Å². The largest absolute Gasteiger partial charge is 0.339 e. The zero-order chi connectivity index (χ0) is 14.7. The Balaban J connectivity index is 1.51. The third kappa shape index (κ3) is 4.17. The Morgan fingerprint density at radius 2 is 2.24 bits per heavy atom. The fourth-order valence-corrected chi connectivity index (χ4v) is 5.75. The Hall–Kier alpha value is -0.200. The van der Waals surface area contributed by atoms with Crippen LogP contribution in [0.2, 0.25) is 0 Å². The van der Waals surface area contributed by atoms with Crippen LogP contribution >= 0.6 is 23.5 Å². The molecule has 0 aliphatic carbocycles. The Kier molecular flexibility index (Phi) is 5.51. The fourth-order valence-electron chi connectivity index (χ4n) is 2.92. The van der Waals surface area contributed by atoms with Crippen LogP contribution in [-0.2, 0) is 6.42 Å². The van der Waals surface area contributed by atoms with Gasteiger partial charge in [-0.25, -0.2) is 0 Å². The van der Waals surface area contributed by atoms with Crippen LogP contribution in [0.4, 0.5) is 0 Å². The first-order chi connectivity index (χ1) is 10.2. The third-order valence-corrected chi connectivity index (χ3v) is 7.87. The average Bonchev–Trinajstić information content (AvgIpc) is 2.98. The summed E-state index contributed by atoms with van der Waals surface area (Å²) in [7, 11) is 0. The van der Waals surface area contributed by atoms with Gasteiger partial charge in [0.15, 0.2) is 5.82 Å². The number of hydrogen-bond acceptors (Lipinski definition) is 6. The summed E-state index contributed by atoms with van der Waals surface area (Å²) in [4.78, 5) is 4.65. The standard InChI is InChI=1S/C15H25N3OS2/c1-10-11(2)21-13(9-20-10)15-17-14(19-18-15)6-5-12-4-3-7-16-8-12/h10-13,16H,3-9H2,1-2H3. The smallest absolute Gasteiger partial charge is 0.226 e. The molecular formula is C15H25N3OS2. The molecule has 2 aliphatic heterocycles. The van der Waals surface area contributed by atoms with Gasteiger partial charge in [-0.05, 0) is 38.3 Å². The molecule has 0 spiro atoms. The molecule has 4 nitrogen and oxygen atoms in total. The van der Waals surface area contributed by atoms with E-state index < -0.39 is 0 Å². The fraction of sp³-hybridized carbons (Fsp3) is 0.867. The summed E-state index contributed by atoms with van der Waals surface area (Å²) >= 11 is 4.01. The summed E-state index contributed by atoms with van der Waals surface area (Å²) in [6.45, 7) is 6.92. The average molecular weight is 328 g/mol. The van der Waals surface area contributed by atoms with Crippen molar-refractivity contribution in [3.63, 3.8) is 0 Å². The summed E-state index contributed by atoms with van der Waals surface area (Å²) in [5.74, 6) is 3.60. The van der Waals surface area contributed by atoms with Crippen LogP contribution < -0.4 is 5.32 Å². The number of nitrogens with one attached hydrogen (secondary N) is 1. The molecule has 2 saturated heterocycles. The molecule has 1 aromatic heterocycles. The predicted molar refractivity (Wildman–Crippen MR) is 89.9 cm³/mol. The molecule has 3 rings (SSSR count). The zero-order valence-corrected chi connectivity index (χ0v) is 14.5. The number of aromatic nitrogens is 2. The number of rotatable bonds is 4. The molecule has 4 atom stereocenters. The zero-order valence-electron chi connectivity index (χ0n) is 12.9. The van der Waals surface area contributed by atoms with Gasteiger partial charge in [0.05, 0.1) is 5.25 Å². The summed E-state index contributed by atoms with van der Waals surface area (Å²) in [5.41, 5.74) is 0. The molecule has 0 amide bonds. The maximum atomic E-state index is 5.47. The molecule has 2 aliphatic rings. The van der Waals surface area contributed by atoms with Crippen molar-refractivity contribution in [2.24, 2.45) is 5.92 Å². The van der Waals surface area contributed by atoms with Crippen LogP contribution in [0.25, 0.3) is 0 Å².